The maximum absolute atomic E-state index is 12.2. The van der Waals surface area contributed by atoms with Gasteiger partial charge >= 0.3 is 0 Å². The van der Waals surface area contributed by atoms with E-state index in [1.165, 1.54) is 0 Å². The second kappa shape index (κ2) is 9.30. The number of hydrogen-bond acceptors (Lipinski definition) is 5. The van der Waals surface area contributed by atoms with Crippen LogP contribution in [-0.4, -0.2) is 67.8 Å². The van der Waals surface area contributed by atoms with Crippen molar-refractivity contribution in [3.8, 4) is 0 Å². The molecule has 0 radical (unpaired) electrons. The highest BCUT2D eigenvalue weighted by molar-refractivity contribution is 7.12. The van der Waals surface area contributed by atoms with E-state index in [2.05, 4.69) is 22.2 Å². The highest BCUT2D eigenvalue weighted by Crippen LogP contribution is 2.22. The van der Waals surface area contributed by atoms with E-state index in [4.69, 9.17) is 0 Å². The molecule has 0 aliphatic carbocycles. The third kappa shape index (κ3) is 6.00. The minimum atomic E-state index is -0.0219. The molecule has 0 atom stereocenters. The first-order valence-corrected chi connectivity index (χ1v) is 9.55. The number of hydrogen-bond donors (Lipinski definition) is 1. The van der Waals surface area contributed by atoms with Crippen molar-refractivity contribution in [3.63, 3.8) is 0 Å². The van der Waals surface area contributed by atoms with Crippen LogP contribution in [0.5, 0.6) is 0 Å². The van der Waals surface area contributed by atoms with E-state index >= 15 is 0 Å². The lowest BCUT2D eigenvalue weighted by atomic mass is 10.1. The minimum absolute atomic E-state index is 0.0219. The fourth-order valence-electron chi connectivity index (χ4n) is 2.96. The molecule has 1 aliphatic heterocycles. The fraction of sp³-hybridized carbons (Fsp3) is 0.667. The summed E-state index contributed by atoms with van der Waals surface area (Å²) in [5.41, 5.74) is 0.778. The summed E-state index contributed by atoms with van der Waals surface area (Å²) in [4.78, 5) is 31.0. The molecule has 0 saturated carbocycles. The summed E-state index contributed by atoms with van der Waals surface area (Å²) in [6.07, 6.45) is 1.54. The average Bonchev–Trinajstić information content (AvgIpc) is 2.89. The van der Waals surface area contributed by atoms with Crippen LogP contribution in [0.2, 0.25) is 0 Å². The first-order chi connectivity index (χ1) is 11.5. The maximum Gasteiger partial charge on any atom is 0.220 e. The van der Waals surface area contributed by atoms with Crippen molar-refractivity contribution in [3.05, 3.63) is 21.4 Å². The Labute approximate surface area is 149 Å². The third-order valence-corrected chi connectivity index (χ3v) is 5.46. The van der Waals surface area contributed by atoms with Gasteiger partial charge < -0.3 is 15.1 Å². The maximum atomic E-state index is 12.2. The van der Waals surface area contributed by atoms with Crippen molar-refractivity contribution in [2.45, 2.75) is 33.1 Å². The number of piperazine rings is 1. The SMILES string of the molecule is Cc1cc(C(=O)CCC(=O)NCCCN2CCN(C)CC2)c(C)s1. The number of nitrogens with one attached hydrogen (secondary N) is 1. The van der Waals surface area contributed by atoms with E-state index in [-0.39, 0.29) is 18.1 Å². The summed E-state index contributed by atoms with van der Waals surface area (Å²) < 4.78 is 0. The van der Waals surface area contributed by atoms with Crippen LogP contribution in [0.3, 0.4) is 0 Å². The van der Waals surface area contributed by atoms with Crippen molar-refractivity contribution in [1.29, 1.82) is 0 Å². The largest absolute Gasteiger partial charge is 0.356 e. The number of nitrogens with zero attached hydrogens (tertiary/aromatic N) is 2. The second-order valence-corrected chi connectivity index (χ2v) is 8.06. The smallest absolute Gasteiger partial charge is 0.220 e. The zero-order valence-electron chi connectivity index (χ0n) is 15.1. The number of aryl methyl sites for hydroxylation is 2. The summed E-state index contributed by atoms with van der Waals surface area (Å²) >= 11 is 1.63. The predicted octanol–water partition coefficient (Wildman–Crippen LogP) is 2.08. The van der Waals surface area contributed by atoms with Crippen LogP contribution in [-0.2, 0) is 4.79 Å². The van der Waals surface area contributed by atoms with Crippen molar-refractivity contribution in [2.24, 2.45) is 0 Å². The zero-order valence-corrected chi connectivity index (χ0v) is 15.9. The molecule has 1 aliphatic rings. The molecule has 2 rings (SSSR count). The Balaban J connectivity index is 1.58. The van der Waals surface area contributed by atoms with E-state index in [0.29, 0.717) is 13.0 Å². The number of carbonyl (C=O) groups excluding carboxylic acids is 2. The molecule has 1 aromatic rings. The van der Waals surface area contributed by atoms with Gasteiger partial charge in [0, 0.05) is 60.9 Å². The van der Waals surface area contributed by atoms with Gasteiger partial charge in [-0.3, -0.25) is 9.59 Å². The number of amides is 1. The van der Waals surface area contributed by atoms with Gasteiger partial charge in [0.1, 0.15) is 0 Å². The summed E-state index contributed by atoms with van der Waals surface area (Å²) in [5.74, 6) is 0.0516. The third-order valence-electron chi connectivity index (χ3n) is 4.49. The number of Topliss-reactive ketones (excluding diaryl/α,β-unsaturated/α-hetero) is 1. The van der Waals surface area contributed by atoms with Gasteiger partial charge in [0.05, 0.1) is 0 Å². The normalized spacial score (nSPS) is 16.3. The molecule has 1 N–H and O–H groups in total. The second-order valence-electron chi connectivity index (χ2n) is 6.60. The molecule has 0 aromatic carbocycles. The van der Waals surface area contributed by atoms with Crippen LogP contribution < -0.4 is 5.32 Å². The number of ketones is 1. The van der Waals surface area contributed by atoms with Gasteiger partial charge in [-0.1, -0.05) is 0 Å². The van der Waals surface area contributed by atoms with Crippen LogP contribution >= 0.6 is 11.3 Å². The molecule has 0 spiro atoms. The fourth-order valence-corrected chi connectivity index (χ4v) is 3.90. The van der Waals surface area contributed by atoms with E-state index in [9.17, 15) is 9.59 Å². The molecule has 1 amide bonds. The molecule has 1 fully saturated rings. The number of likely N-dealkylation sites (N-methyl/N-ethyl adjacent to an activating group) is 1. The van der Waals surface area contributed by atoms with Crippen molar-refractivity contribution < 1.29 is 9.59 Å². The summed E-state index contributed by atoms with van der Waals surface area (Å²) in [6.45, 7) is 10.1. The van der Waals surface area contributed by atoms with Gasteiger partial charge in [-0.05, 0) is 39.9 Å². The van der Waals surface area contributed by atoms with E-state index in [1.54, 1.807) is 11.3 Å². The Hall–Kier alpha value is -1.24. The lowest BCUT2D eigenvalue weighted by Gasteiger charge is -2.32. The van der Waals surface area contributed by atoms with Gasteiger partial charge in [-0.25, -0.2) is 0 Å². The molecule has 1 saturated heterocycles. The Morgan fingerprint density at radius 1 is 1.17 bits per heavy atom. The van der Waals surface area contributed by atoms with E-state index in [1.807, 2.05) is 19.9 Å². The Bertz CT molecular complexity index is 563. The molecule has 1 aromatic heterocycles. The molecular weight excluding hydrogens is 322 g/mol. The molecular formula is C18H29N3O2S. The summed E-state index contributed by atoms with van der Waals surface area (Å²) in [7, 11) is 2.15. The number of thiophene rings is 1. The van der Waals surface area contributed by atoms with Gasteiger partial charge in [0.2, 0.25) is 5.91 Å². The van der Waals surface area contributed by atoms with Gasteiger partial charge in [0.15, 0.2) is 5.78 Å². The Kier molecular flexibility index (Phi) is 7.40. The predicted molar refractivity (Wildman–Crippen MR) is 98.9 cm³/mol. The van der Waals surface area contributed by atoms with Gasteiger partial charge in [0.25, 0.3) is 0 Å². The zero-order chi connectivity index (χ0) is 17.5. The van der Waals surface area contributed by atoms with Crippen LogP contribution in [0, 0.1) is 13.8 Å². The molecule has 2 heterocycles. The topological polar surface area (TPSA) is 52.7 Å². The average molecular weight is 352 g/mol. The summed E-state index contributed by atoms with van der Waals surface area (Å²) in [6, 6.07) is 1.93. The quantitative estimate of drug-likeness (QED) is 0.575. The molecule has 0 unspecified atom stereocenters. The standard InChI is InChI=1S/C18H29N3O2S/c1-14-13-16(15(2)24-14)17(22)5-6-18(23)19-7-4-8-21-11-9-20(3)10-12-21/h13H,4-12H2,1-3H3,(H,19,23). The number of carbonyl (C=O) groups is 2. The van der Waals surface area contributed by atoms with Crippen molar-refractivity contribution in [2.75, 3.05) is 46.3 Å². The molecule has 134 valence electrons. The van der Waals surface area contributed by atoms with Crippen molar-refractivity contribution >= 4 is 23.0 Å². The van der Waals surface area contributed by atoms with Crippen LogP contribution in [0.4, 0.5) is 0 Å². The molecule has 6 heteroatoms. The Morgan fingerprint density at radius 3 is 2.50 bits per heavy atom. The monoisotopic (exact) mass is 351 g/mol. The lowest BCUT2D eigenvalue weighted by molar-refractivity contribution is -0.121. The Morgan fingerprint density at radius 2 is 1.88 bits per heavy atom. The first-order valence-electron chi connectivity index (χ1n) is 8.73. The molecule has 24 heavy (non-hydrogen) atoms. The summed E-state index contributed by atoms with van der Waals surface area (Å²) in [5, 5.41) is 2.93. The molecule has 5 nitrogen and oxygen atoms in total. The minimum Gasteiger partial charge on any atom is -0.356 e. The highest BCUT2D eigenvalue weighted by atomic mass is 32.1. The van der Waals surface area contributed by atoms with Crippen LogP contribution in [0.1, 0.15) is 39.4 Å². The number of rotatable bonds is 8. The van der Waals surface area contributed by atoms with Crippen molar-refractivity contribution in [1.82, 2.24) is 15.1 Å². The molecule has 0 bridgehead atoms. The van der Waals surface area contributed by atoms with E-state index in [0.717, 1.165) is 54.5 Å². The first kappa shape index (κ1) is 19.1. The van der Waals surface area contributed by atoms with Gasteiger partial charge in [-0.2, -0.15) is 0 Å². The van der Waals surface area contributed by atoms with E-state index < -0.39 is 0 Å². The van der Waals surface area contributed by atoms with Crippen LogP contribution in [0.15, 0.2) is 6.07 Å². The van der Waals surface area contributed by atoms with Crippen LogP contribution in [0.25, 0.3) is 0 Å². The lowest BCUT2D eigenvalue weighted by Crippen LogP contribution is -2.45. The highest BCUT2D eigenvalue weighted by Gasteiger charge is 2.15. The van der Waals surface area contributed by atoms with Gasteiger partial charge in [-0.15, -0.1) is 11.3 Å².